The van der Waals surface area contributed by atoms with Crippen LogP contribution in [0.3, 0.4) is 0 Å². The predicted octanol–water partition coefficient (Wildman–Crippen LogP) is 2.93. The Bertz CT molecular complexity index is 227. The Morgan fingerprint density at radius 1 is 0.667 bits per heavy atom. The average Bonchev–Trinajstić information content (AvgIpc) is 2.54. The van der Waals surface area contributed by atoms with Crippen LogP contribution in [0.4, 0.5) is 0 Å². The van der Waals surface area contributed by atoms with E-state index in [1.165, 1.54) is 57.8 Å². The first-order valence-corrected chi connectivity index (χ1v) is 9.04. The van der Waals surface area contributed by atoms with Crippen LogP contribution in [0.1, 0.15) is 97.8 Å². The fourth-order valence-corrected chi connectivity index (χ4v) is 1.61. The molecule has 0 aromatic rings. The number of hydrogen-bond donors (Lipinski definition) is 2. The maximum Gasteiger partial charge on any atom is 1.00 e. The first-order valence-electron chi connectivity index (χ1n) is 9.04. The van der Waals surface area contributed by atoms with Gasteiger partial charge in [-0.15, -0.1) is 0 Å². The molecule has 24 heavy (non-hydrogen) atoms. The molecule has 140 valence electrons. The monoisotopic (exact) mass is 355 g/mol. The van der Waals surface area contributed by atoms with Crippen LogP contribution in [0.5, 0.6) is 0 Å². The number of carboxylic acids is 2. The van der Waals surface area contributed by atoms with E-state index in [0.29, 0.717) is 6.54 Å². The van der Waals surface area contributed by atoms with Gasteiger partial charge in [0.1, 0.15) is 0 Å². The standard InChI is InChI=1S/C12H26N.2C3H6O2.Na/c1-2-3-4-5-6-7-8-9-10-11-12-13;2*1-2-3(4)5;/h13H,2-12H2,1H3;2*2H2,1H3,(H,4,5);/q-1;;;+1. The number of unbranched alkanes of at least 4 members (excludes halogenated alkanes) is 9. The predicted molar refractivity (Wildman–Crippen MR) is 96.9 cm³/mol. The van der Waals surface area contributed by atoms with Crippen molar-refractivity contribution < 1.29 is 49.4 Å². The van der Waals surface area contributed by atoms with Crippen molar-refractivity contribution in [1.29, 1.82) is 0 Å². The molecule has 0 saturated carbocycles. The first-order chi connectivity index (χ1) is 11.0. The summed E-state index contributed by atoms with van der Waals surface area (Å²) < 4.78 is 0. The van der Waals surface area contributed by atoms with Gasteiger partial charge in [0, 0.05) is 12.8 Å². The summed E-state index contributed by atoms with van der Waals surface area (Å²) in [5.41, 5.74) is 7.00. The van der Waals surface area contributed by atoms with E-state index in [9.17, 15) is 9.59 Å². The molecular formula is C18H38NNaO4. The van der Waals surface area contributed by atoms with Crippen LogP contribution < -0.4 is 29.6 Å². The van der Waals surface area contributed by atoms with Gasteiger partial charge in [0.2, 0.25) is 0 Å². The SMILES string of the molecule is CCC(=O)O.CCC(=O)O.CCCCCCCCCCCC[NH-].[Na+]. The van der Waals surface area contributed by atoms with Crippen LogP contribution in [-0.4, -0.2) is 28.7 Å². The van der Waals surface area contributed by atoms with Gasteiger partial charge in [-0.2, -0.15) is 6.54 Å². The van der Waals surface area contributed by atoms with Gasteiger partial charge in [0.05, 0.1) is 0 Å². The Labute approximate surface area is 171 Å². The molecule has 0 aliphatic carbocycles. The Balaban J connectivity index is -0.000000151. The van der Waals surface area contributed by atoms with Crippen molar-refractivity contribution in [2.24, 2.45) is 0 Å². The minimum absolute atomic E-state index is 0. The van der Waals surface area contributed by atoms with E-state index in [4.69, 9.17) is 15.9 Å². The molecule has 0 saturated heterocycles. The van der Waals surface area contributed by atoms with E-state index in [1.54, 1.807) is 13.8 Å². The molecule has 0 radical (unpaired) electrons. The van der Waals surface area contributed by atoms with Crippen LogP contribution >= 0.6 is 0 Å². The molecule has 0 aromatic carbocycles. The van der Waals surface area contributed by atoms with Gasteiger partial charge in [-0.25, -0.2) is 0 Å². The van der Waals surface area contributed by atoms with Gasteiger partial charge in [-0.05, 0) is 0 Å². The van der Waals surface area contributed by atoms with Crippen LogP contribution in [-0.2, 0) is 9.59 Å². The smallest absolute Gasteiger partial charge is 0.677 e. The summed E-state index contributed by atoms with van der Waals surface area (Å²) >= 11 is 0. The molecule has 0 heterocycles. The van der Waals surface area contributed by atoms with Crippen molar-refractivity contribution in [3.05, 3.63) is 5.73 Å². The Kier molecular flexibility index (Phi) is 40.5. The second-order valence-corrected chi connectivity index (χ2v) is 5.43. The van der Waals surface area contributed by atoms with Gasteiger partial charge in [0.15, 0.2) is 0 Å². The van der Waals surface area contributed by atoms with E-state index in [-0.39, 0.29) is 42.4 Å². The number of carbonyl (C=O) groups is 2. The maximum atomic E-state index is 9.37. The van der Waals surface area contributed by atoms with E-state index < -0.39 is 11.9 Å². The molecule has 0 rings (SSSR count). The second-order valence-electron chi connectivity index (χ2n) is 5.43. The zero-order valence-electron chi connectivity index (χ0n) is 16.4. The van der Waals surface area contributed by atoms with Crippen molar-refractivity contribution in [2.45, 2.75) is 97.8 Å². The van der Waals surface area contributed by atoms with Gasteiger partial charge < -0.3 is 15.9 Å². The minimum atomic E-state index is -0.745. The molecule has 5 nitrogen and oxygen atoms in total. The fraction of sp³-hybridized carbons (Fsp3) is 0.889. The van der Waals surface area contributed by atoms with Gasteiger partial charge in [0.25, 0.3) is 0 Å². The Morgan fingerprint density at radius 3 is 1.12 bits per heavy atom. The molecule has 0 amide bonds. The third-order valence-corrected chi connectivity index (χ3v) is 3.14. The van der Waals surface area contributed by atoms with Crippen molar-refractivity contribution >= 4 is 11.9 Å². The molecule has 0 aliphatic heterocycles. The molecule has 6 heteroatoms. The average molecular weight is 355 g/mol. The number of carboxylic acid groups (broad SMARTS) is 2. The van der Waals surface area contributed by atoms with Gasteiger partial charge >= 0.3 is 41.5 Å². The summed E-state index contributed by atoms with van der Waals surface area (Å²) in [6.07, 6.45) is 14.1. The zero-order valence-corrected chi connectivity index (χ0v) is 18.4. The normalized spacial score (nSPS) is 8.83. The molecule has 0 fully saturated rings. The third kappa shape index (κ3) is 49.5. The van der Waals surface area contributed by atoms with E-state index in [2.05, 4.69) is 6.92 Å². The summed E-state index contributed by atoms with van der Waals surface area (Å²) in [7, 11) is 0. The number of aliphatic carboxylic acids is 2. The van der Waals surface area contributed by atoms with E-state index in [1.807, 2.05) is 0 Å². The van der Waals surface area contributed by atoms with Crippen molar-refractivity contribution in [3.63, 3.8) is 0 Å². The summed E-state index contributed by atoms with van der Waals surface area (Å²) in [5, 5.41) is 15.4. The Hall–Kier alpha value is -0.100. The van der Waals surface area contributed by atoms with Gasteiger partial charge in [-0.3, -0.25) is 9.59 Å². The molecule has 0 bridgehead atoms. The minimum Gasteiger partial charge on any atom is -0.677 e. The summed E-state index contributed by atoms with van der Waals surface area (Å²) in [6, 6.07) is 0. The molecule has 0 spiro atoms. The van der Waals surface area contributed by atoms with E-state index >= 15 is 0 Å². The van der Waals surface area contributed by atoms with Crippen LogP contribution in [0.25, 0.3) is 5.73 Å². The summed E-state index contributed by atoms with van der Waals surface area (Å²) in [5.74, 6) is -1.49. The fourth-order valence-electron chi connectivity index (χ4n) is 1.61. The largest absolute Gasteiger partial charge is 1.00 e. The molecule has 0 aliphatic rings. The van der Waals surface area contributed by atoms with Crippen LogP contribution in [0.2, 0.25) is 0 Å². The first kappa shape index (κ1) is 31.6. The van der Waals surface area contributed by atoms with Crippen molar-refractivity contribution in [2.75, 3.05) is 6.54 Å². The summed E-state index contributed by atoms with van der Waals surface area (Å²) in [4.78, 5) is 18.7. The maximum absolute atomic E-state index is 9.37. The molecule has 0 aromatic heterocycles. The molecular weight excluding hydrogens is 317 g/mol. The molecule has 0 unspecified atom stereocenters. The second kappa shape index (κ2) is 30.7. The molecule has 0 atom stereocenters. The number of rotatable bonds is 12. The zero-order chi connectivity index (χ0) is 18.3. The number of hydrogen-bond acceptors (Lipinski definition) is 2. The van der Waals surface area contributed by atoms with Crippen molar-refractivity contribution in [1.82, 2.24) is 0 Å². The van der Waals surface area contributed by atoms with Gasteiger partial charge in [-0.1, -0.05) is 85.0 Å². The van der Waals surface area contributed by atoms with Crippen LogP contribution in [0.15, 0.2) is 0 Å². The number of nitrogens with one attached hydrogen (secondary N) is 1. The Morgan fingerprint density at radius 2 is 0.917 bits per heavy atom. The third-order valence-electron chi connectivity index (χ3n) is 3.14. The molecule has 3 N–H and O–H groups in total. The topological polar surface area (TPSA) is 98.4 Å². The van der Waals surface area contributed by atoms with Crippen molar-refractivity contribution in [3.8, 4) is 0 Å². The summed E-state index contributed by atoms with van der Waals surface area (Å²) in [6.45, 7) is 6.09. The quantitative estimate of drug-likeness (QED) is 0.415. The van der Waals surface area contributed by atoms with E-state index in [0.717, 1.165) is 6.42 Å². The van der Waals surface area contributed by atoms with Crippen LogP contribution in [0, 0.1) is 0 Å².